The molecule has 2 heteroatoms. The van der Waals surface area contributed by atoms with Crippen LogP contribution in [0, 0.1) is 35.5 Å². The van der Waals surface area contributed by atoms with Crippen LogP contribution in [0.15, 0.2) is 146 Å². The molecule has 6 aromatic rings. The number of aromatic hydroxyl groups is 2. The summed E-state index contributed by atoms with van der Waals surface area (Å²) in [5.41, 5.74) is 9.84. The standard InChI is InChI=1S/C44H30O2/c45-42-24-19-37(20-25-42)29-40-31-39(18-17-36-15-13-35(14-16-36)12-11-33-7-3-1-4-8-33)32-41(30-38-21-26-43(46)27-22-38)44(40)28-23-34-9-5-2-6-10-34/h1-10,13-16,19-22,24-27,31-32,45-46H,29-30H2. The van der Waals surface area contributed by atoms with Crippen molar-refractivity contribution in [3.63, 3.8) is 0 Å². The van der Waals surface area contributed by atoms with E-state index in [1.807, 2.05) is 109 Å². The van der Waals surface area contributed by atoms with Gasteiger partial charge in [0, 0.05) is 33.4 Å². The number of rotatable bonds is 4. The lowest BCUT2D eigenvalue weighted by Crippen LogP contribution is -2.01. The number of hydrogen-bond acceptors (Lipinski definition) is 2. The van der Waals surface area contributed by atoms with Gasteiger partial charge in [0.2, 0.25) is 0 Å². The molecule has 0 aromatic heterocycles. The van der Waals surface area contributed by atoms with Gasteiger partial charge in [-0.25, -0.2) is 0 Å². The molecule has 2 nitrogen and oxygen atoms in total. The van der Waals surface area contributed by atoms with Crippen LogP contribution in [0.4, 0.5) is 0 Å². The van der Waals surface area contributed by atoms with Crippen LogP contribution in [0.5, 0.6) is 11.5 Å². The normalized spacial score (nSPS) is 10.0. The third-order valence-corrected chi connectivity index (χ3v) is 7.43. The first-order chi connectivity index (χ1) is 22.6. The minimum absolute atomic E-state index is 0.234. The molecule has 46 heavy (non-hydrogen) atoms. The van der Waals surface area contributed by atoms with E-state index in [9.17, 15) is 10.2 Å². The fraction of sp³-hybridized carbons (Fsp3) is 0.0455. The Bertz CT molecular complexity index is 2060. The van der Waals surface area contributed by atoms with E-state index in [1.54, 1.807) is 24.3 Å². The lowest BCUT2D eigenvalue weighted by Gasteiger charge is -2.13. The molecule has 0 heterocycles. The van der Waals surface area contributed by atoms with E-state index in [4.69, 9.17) is 0 Å². The highest BCUT2D eigenvalue weighted by atomic mass is 16.3. The first-order valence-electron chi connectivity index (χ1n) is 15.1. The maximum Gasteiger partial charge on any atom is 0.115 e. The van der Waals surface area contributed by atoms with Crippen LogP contribution in [0.3, 0.4) is 0 Å². The van der Waals surface area contributed by atoms with Crippen molar-refractivity contribution in [2.75, 3.05) is 0 Å². The molecule has 218 valence electrons. The quantitative estimate of drug-likeness (QED) is 0.202. The largest absolute Gasteiger partial charge is 0.508 e. The average Bonchev–Trinajstić information content (AvgIpc) is 3.09. The zero-order chi connectivity index (χ0) is 31.6. The van der Waals surface area contributed by atoms with Gasteiger partial charge >= 0.3 is 0 Å². The Kier molecular flexibility index (Phi) is 9.27. The van der Waals surface area contributed by atoms with Crippen LogP contribution in [0.2, 0.25) is 0 Å². The maximum atomic E-state index is 9.87. The zero-order valence-electron chi connectivity index (χ0n) is 25.2. The van der Waals surface area contributed by atoms with Crippen LogP contribution >= 0.6 is 0 Å². The van der Waals surface area contributed by atoms with Crippen molar-refractivity contribution in [2.45, 2.75) is 12.8 Å². The summed E-state index contributed by atoms with van der Waals surface area (Å²) in [5.74, 6) is 20.5. The molecule has 0 fully saturated rings. The molecule has 0 aliphatic heterocycles. The number of benzene rings is 6. The second kappa shape index (κ2) is 14.4. The Hall–Kier alpha value is -6.40. The van der Waals surface area contributed by atoms with Crippen LogP contribution in [-0.4, -0.2) is 10.2 Å². The first-order valence-corrected chi connectivity index (χ1v) is 15.1. The summed E-state index contributed by atoms with van der Waals surface area (Å²) in [5, 5.41) is 19.7. The number of hydrogen-bond donors (Lipinski definition) is 2. The molecule has 6 aromatic carbocycles. The molecular weight excluding hydrogens is 560 g/mol. The third kappa shape index (κ3) is 8.15. The predicted octanol–water partition coefficient (Wildman–Crippen LogP) is 8.48. The van der Waals surface area contributed by atoms with Crippen LogP contribution < -0.4 is 0 Å². The molecule has 0 saturated carbocycles. The first kappa shape index (κ1) is 29.7. The van der Waals surface area contributed by atoms with E-state index >= 15 is 0 Å². The highest BCUT2D eigenvalue weighted by Gasteiger charge is 2.12. The van der Waals surface area contributed by atoms with E-state index in [1.165, 1.54) is 0 Å². The molecule has 0 aliphatic carbocycles. The lowest BCUT2D eigenvalue weighted by atomic mass is 9.90. The highest BCUT2D eigenvalue weighted by molar-refractivity contribution is 5.58. The monoisotopic (exact) mass is 590 g/mol. The van der Waals surface area contributed by atoms with Gasteiger partial charge in [-0.2, -0.15) is 0 Å². The van der Waals surface area contributed by atoms with Gasteiger partial charge in [-0.05, 0) is 120 Å². The van der Waals surface area contributed by atoms with Gasteiger partial charge in [0.05, 0.1) is 0 Å². The minimum Gasteiger partial charge on any atom is -0.508 e. The molecule has 0 bridgehead atoms. The van der Waals surface area contributed by atoms with Crippen LogP contribution in [0.1, 0.15) is 55.6 Å². The van der Waals surface area contributed by atoms with Crippen molar-refractivity contribution >= 4 is 0 Å². The molecule has 0 atom stereocenters. The van der Waals surface area contributed by atoms with Crippen molar-refractivity contribution < 1.29 is 10.2 Å². The Balaban J connectivity index is 1.39. The van der Waals surface area contributed by atoms with E-state index in [2.05, 4.69) is 47.7 Å². The van der Waals surface area contributed by atoms with Gasteiger partial charge in [0.15, 0.2) is 0 Å². The summed E-state index contributed by atoms with van der Waals surface area (Å²) in [7, 11) is 0. The molecule has 2 N–H and O–H groups in total. The molecule has 6 rings (SSSR count). The summed E-state index contributed by atoms with van der Waals surface area (Å²) in [6.45, 7) is 0. The van der Waals surface area contributed by atoms with E-state index in [-0.39, 0.29) is 11.5 Å². The lowest BCUT2D eigenvalue weighted by molar-refractivity contribution is 0.474. The summed E-state index contributed by atoms with van der Waals surface area (Å²) in [6, 6.07) is 46.7. The van der Waals surface area contributed by atoms with Crippen LogP contribution in [0.25, 0.3) is 0 Å². The highest BCUT2D eigenvalue weighted by Crippen LogP contribution is 2.25. The summed E-state index contributed by atoms with van der Waals surface area (Å²) >= 11 is 0. The molecule has 0 saturated heterocycles. The Morgan fingerprint density at radius 3 is 1.11 bits per heavy atom. The van der Waals surface area contributed by atoms with E-state index < -0.39 is 0 Å². The smallest absolute Gasteiger partial charge is 0.115 e. The Morgan fingerprint density at radius 1 is 0.348 bits per heavy atom. The van der Waals surface area contributed by atoms with Gasteiger partial charge in [-0.3, -0.25) is 0 Å². The van der Waals surface area contributed by atoms with Crippen molar-refractivity contribution in [1.29, 1.82) is 0 Å². The van der Waals surface area contributed by atoms with Crippen LogP contribution in [-0.2, 0) is 12.8 Å². The summed E-state index contributed by atoms with van der Waals surface area (Å²) in [4.78, 5) is 0. The second-order valence-corrected chi connectivity index (χ2v) is 10.9. The molecule has 0 radical (unpaired) electrons. The van der Waals surface area contributed by atoms with Gasteiger partial charge in [-0.1, -0.05) is 96.2 Å². The van der Waals surface area contributed by atoms with E-state index in [0.717, 1.165) is 55.6 Å². The second-order valence-electron chi connectivity index (χ2n) is 10.9. The van der Waals surface area contributed by atoms with Crippen molar-refractivity contribution in [1.82, 2.24) is 0 Å². The number of phenols is 2. The fourth-order valence-corrected chi connectivity index (χ4v) is 5.05. The molecule has 0 unspecified atom stereocenters. The molecule has 0 aliphatic rings. The zero-order valence-corrected chi connectivity index (χ0v) is 25.2. The third-order valence-electron chi connectivity index (χ3n) is 7.43. The van der Waals surface area contributed by atoms with Gasteiger partial charge in [0.1, 0.15) is 11.5 Å². The molecule has 0 spiro atoms. The predicted molar refractivity (Wildman–Crippen MR) is 186 cm³/mol. The van der Waals surface area contributed by atoms with E-state index in [0.29, 0.717) is 12.8 Å². The molecule has 0 amide bonds. The van der Waals surface area contributed by atoms with Gasteiger partial charge in [0.25, 0.3) is 0 Å². The average molecular weight is 591 g/mol. The SMILES string of the molecule is Oc1ccc(Cc2cc(C#Cc3ccc(C#Cc4ccccc4)cc3)cc(Cc3ccc(O)cc3)c2C#Cc2ccccc2)cc1. The Morgan fingerprint density at radius 2 is 0.696 bits per heavy atom. The van der Waals surface area contributed by atoms with Crippen molar-refractivity contribution in [2.24, 2.45) is 0 Å². The topological polar surface area (TPSA) is 40.5 Å². The maximum absolute atomic E-state index is 9.87. The van der Waals surface area contributed by atoms with Gasteiger partial charge in [-0.15, -0.1) is 0 Å². The summed E-state index contributed by atoms with van der Waals surface area (Å²) < 4.78 is 0. The van der Waals surface area contributed by atoms with Crippen molar-refractivity contribution in [3.05, 3.63) is 201 Å². The Labute approximate surface area is 270 Å². The fourth-order valence-electron chi connectivity index (χ4n) is 5.05. The molecular formula is C44H30O2. The number of phenolic OH excluding ortho intramolecular Hbond substituents is 2. The summed E-state index contributed by atoms with van der Waals surface area (Å²) in [6.07, 6.45) is 1.26. The minimum atomic E-state index is 0.234. The van der Waals surface area contributed by atoms with Crippen molar-refractivity contribution in [3.8, 4) is 47.0 Å². The van der Waals surface area contributed by atoms with Gasteiger partial charge < -0.3 is 10.2 Å².